The minimum absolute atomic E-state index is 0.144. The molecule has 0 aliphatic carbocycles. The average Bonchev–Trinajstić information content (AvgIpc) is 2.86. The van der Waals surface area contributed by atoms with E-state index < -0.39 is 0 Å². The van der Waals surface area contributed by atoms with Gasteiger partial charge in [0, 0.05) is 32.0 Å². The minimum Gasteiger partial charge on any atom is -0.320 e. The third-order valence-corrected chi connectivity index (χ3v) is 2.60. The quantitative estimate of drug-likeness (QED) is 0.673. The highest BCUT2D eigenvalue weighted by Crippen LogP contribution is 2.10. The van der Waals surface area contributed by atoms with Crippen molar-refractivity contribution in [3.8, 4) is 0 Å². The van der Waals surface area contributed by atoms with Gasteiger partial charge in [-0.25, -0.2) is 0 Å². The number of imide groups is 1. The number of carbonyl (C=O) groups excluding carboxylic acids is 3. The van der Waals surface area contributed by atoms with Gasteiger partial charge < -0.3 is 4.90 Å². The van der Waals surface area contributed by atoms with Gasteiger partial charge in [0.2, 0.25) is 17.7 Å². The fraction of sp³-hybridized carbons (Fsp3) is 0.417. The molecular weight excluding hydrogens is 220 g/mol. The molecule has 0 aromatic heterocycles. The first-order chi connectivity index (χ1) is 8.10. The molecule has 0 spiro atoms. The molecule has 0 radical (unpaired) electrons. The summed E-state index contributed by atoms with van der Waals surface area (Å²) in [7, 11) is 0. The molecule has 0 atom stereocenters. The Morgan fingerprint density at radius 3 is 1.71 bits per heavy atom. The van der Waals surface area contributed by atoms with Gasteiger partial charge >= 0.3 is 0 Å². The van der Waals surface area contributed by atoms with Crippen LogP contribution >= 0.6 is 0 Å². The van der Waals surface area contributed by atoms with Crippen molar-refractivity contribution in [2.24, 2.45) is 0 Å². The first kappa shape index (κ1) is 13.2. The smallest absolute Gasteiger partial charge is 0.233 e. The summed E-state index contributed by atoms with van der Waals surface area (Å²) >= 11 is 0. The standard InChI is InChI=1S/C6H7NO2.C6H9NO/c1-2-7-5(8)3-4-6(7)9;1-2-7-5-3-4-6(7)8/h2H,1,3-4H2;2H,1,3-5H2. The lowest BCUT2D eigenvalue weighted by Gasteiger charge is -2.05. The number of likely N-dealkylation sites (tertiary alicyclic amines) is 2. The van der Waals surface area contributed by atoms with Crippen molar-refractivity contribution in [2.75, 3.05) is 6.54 Å². The van der Waals surface area contributed by atoms with Crippen molar-refractivity contribution in [1.29, 1.82) is 0 Å². The summed E-state index contributed by atoms with van der Waals surface area (Å²) in [4.78, 5) is 34.7. The summed E-state index contributed by atoms with van der Waals surface area (Å²) < 4.78 is 0. The van der Waals surface area contributed by atoms with Gasteiger partial charge in [-0.3, -0.25) is 19.3 Å². The van der Waals surface area contributed by atoms with Crippen LogP contribution in [0.2, 0.25) is 0 Å². The molecule has 2 aliphatic rings. The Balaban J connectivity index is 0.000000171. The number of amides is 3. The highest BCUT2D eigenvalue weighted by atomic mass is 16.2. The summed E-state index contributed by atoms with van der Waals surface area (Å²) in [5.41, 5.74) is 0. The Labute approximate surface area is 100 Å². The molecule has 2 fully saturated rings. The fourth-order valence-electron chi connectivity index (χ4n) is 1.66. The van der Waals surface area contributed by atoms with Gasteiger partial charge in [0.15, 0.2) is 0 Å². The van der Waals surface area contributed by atoms with Gasteiger partial charge in [-0.2, -0.15) is 0 Å². The molecule has 0 aromatic rings. The third kappa shape index (κ3) is 3.27. The van der Waals surface area contributed by atoms with Crippen molar-refractivity contribution in [3.63, 3.8) is 0 Å². The Hall–Kier alpha value is -1.91. The van der Waals surface area contributed by atoms with E-state index in [1.165, 1.54) is 6.20 Å². The maximum Gasteiger partial charge on any atom is 0.233 e. The number of hydrogen-bond acceptors (Lipinski definition) is 3. The molecule has 0 bridgehead atoms. The third-order valence-electron chi connectivity index (χ3n) is 2.60. The Kier molecular flexibility index (Phi) is 4.63. The van der Waals surface area contributed by atoms with E-state index in [-0.39, 0.29) is 17.7 Å². The van der Waals surface area contributed by atoms with Crippen LogP contribution in [-0.4, -0.2) is 34.1 Å². The van der Waals surface area contributed by atoms with Crippen molar-refractivity contribution in [1.82, 2.24) is 9.80 Å². The first-order valence-corrected chi connectivity index (χ1v) is 5.49. The van der Waals surface area contributed by atoms with Crippen LogP contribution in [0.5, 0.6) is 0 Å². The van der Waals surface area contributed by atoms with E-state index in [0.717, 1.165) is 17.9 Å². The van der Waals surface area contributed by atoms with Gasteiger partial charge in [-0.1, -0.05) is 13.2 Å². The van der Waals surface area contributed by atoms with Gasteiger partial charge in [0.05, 0.1) is 0 Å². The highest BCUT2D eigenvalue weighted by molar-refractivity contribution is 6.02. The lowest BCUT2D eigenvalue weighted by molar-refractivity contribution is -0.135. The molecule has 2 saturated heterocycles. The number of nitrogens with zero attached hydrogens (tertiary/aromatic N) is 2. The summed E-state index contributed by atoms with van der Waals surface area (Å²) in [6.45, 7) is 7.69. The van der Waals surface area contributed by atoms with Gasteiger partial charge in [0.1, 0.15) is 0 Å². The SMILES string of the molecule is C=CN1C(=O)CCC1=O.C=CN1CCCC1=O. The van der Waals surface area contributed by atoms with E-state index >= 15 is 0 Å². The van der Waals surface area contributed by atoms with Crippen molar-refractivity contribution in [3.05, 3.63) is 25.6 Å². The second kappa shape index (κ2) is 5.98. The van der Waals surface area contributed by atoms with E-state index in [1.54, 1.807) is 11.1 Å². The molecule has 5 nitrogen and oxygen atoms in total. The predicted octanol–water partition coefficient (Wildman–Crippen LogP) is 1.03. The van der Waals surface area contributed by atoms with Crippen LogP contribution in [0.3, 0.4) is 0 Å². The molecule has 92 valence electrons. The topological polar surface area (TPSA) is 57.7 Å². The normalized spacial score (nSPS) is 19.2. The Morgan fingerprint density at radius 2 is 1.47 bits per heavy atom. The van der Waals surface area contributed by atoms with E-state index in [1.807, 2.05) is 0 Å². The molecule has 0 unspecified atom stereocenters. The zero-order valence-corrected chi connectivity index (χ0v) is 9.72. The van der Waals surface area contributed by atoms with Crippen LogP contribution in [-0.2, 0) is 14.4 Å². The van der Waals surface area contributed by atoms with Crippen LogP contribution in [0.25, 0.3) is 0 Å². The summed E-state index contributed by atoms with van der Waals surface area (Å²) in [6, 6.07) is 0. The first-order valence-electron chi connectivity index (χ1n) is 5.49. The average molecular weight is 236 g/mol. The van der Waals surface area contributed by atoms with E-state index in [9.17, 15) is 14.4 Å². The molecule has 0 aromatic carbocycles. The van der Waals surface area contributed by atoms with Crippen LogP contribution in [0.1, 0.15) is 25.7 Å². The molecule has 2 heterocycles. The molecule has 0 N–H and O–H groups in total. The molecule has 2 rings (SSSR count). The van der Waals surface area contributed by atoms with Crippen LogP contribution in [0.15, 0.2) is 25.6 Å². The lowest BCUT2D eigenvalue weighted by Crippen LogP contribution is -2.21. The Morgan fingerprint density at radius 1 is 0.882 bits per heavy atom. The van der Waals surface area contributed by atoms with Crippen molar-refractivity contribution >= 4 is 17.7 Å². The van der Waals surface area contributed by atoms with Crippen LogP contribution < -0.4 is 0 Å². The van der Waals surface area contributed by atoms with E-state index in [2.05, 4.69) is 13.2 Å². The number of carbonyl (C=O) groups is 3. The van der Waals surface area contributed by atoms with Crippen molar-refractivity contribution < 1.29 is 14.4 Å². The summed E-state index contributed by atoms with van der Waals surface area (Å²) in [6.07, 6.45) is 5.22. The maximum atomic E-state index is 10.7. The zero-order valence-electron chi connectivity index (χ0n) is 9.72. The zero-order chi connectivity index (χ0) is 12.8. The van der Waals surface area contributed by atoms with Crippen molar-refractivity contribution in [2.45, 2.75) is 25.7 Å². The fourth-order valence-corrected chi connectivity index (χ4v) is 1.66. The Bertz CT molecular complexity index is 347. The molecule has 17 heavy (non-hydrogen) atoms. The molecule has 3 amide bonds. The van der Waals surface area contributed by atoms with E-state index in [0.29, 0.717) is 19.3 Å². The molecule has 2 aliphatic heterocycles. The van der Waals surface area contributed by atoms with E-state index in [4.69, 9.17) is 0 Å². The molecular formula is C12H16N2O3. The summed E-state index contributed by atoms with van der Waals surface area (Å²) in [5.74, 6) is -0.0787. The second-order valence-electron chi connectivity index (χ2n) is 3.71. The lowest BCUT2D eigenvalue weighted by atomic mass is 10.4. The number of rotatable bonds is 2. The van der Waals surface area contributed by atoms with Crippen LogP contribution in [0, 0.1) is 0 Å². The predicted molar refractivity (Wildman–Crippen MR) is 62.4 cm³/mol. The highest BCUT2D eigenvalue weighted by Gasteiger charge is 2.25. The minimum atomic E-state index is -0.144. The maximum absolute atomic E-state index is 10.7. The second-order valence-corrected chi connectivity index (χ2v) is 3.71. The largest absolute Gasteiger partial charge is 0.320 e. The van der Waals surface area contributed by atoms with Gasteiger partial charge in [-0.15, -0.1) is 0 Å². The van der Waals surface area contributed by atoms with Crippen LogP contribution in [0.4, 0.5) is 0 Å². The monoisotopic (exact) mass is 236 g/mol. The van der Waals surface area contributed by atoms with Gasteiger partial charge in [0.25, 0.3) is 0 Å². The van der Waals surface area contributed by atoms with Gasteiger partial charge in [-0.05, 0) is 12.6 Å². The number of hydrogen-bond donors (Lipinski definition) is 0. The summed E-state index contributed by atoms with van der Waals surface area (Å²) in [5, 5.41) is 0. The molecule has 5 heteroatoms. The molecule has 0 saturated carbocycles.